The first-order valence-electron chi connectivity index (χ1n) is 7.33. The maximum atomic E-state index is 13.1. The van der Waals surface area contributed by atoms with E-state index in [1.165, 1.54) is 29.5 Å². The zero-order chi connectivity index (χ0) is 17.0. The highest BCUT2D eigenvalue weighted by molar-refractivity contribution is 7.90. The highest BCUT2D eigenvalue weighted by atomic mass is 32.2. The van der Waals surface area contributed by atoms with Gasteiger partial charge in [-0.1, -0.05) is 23.4 Å². The molecule has 0 atom stereocenters. The average molecular weight is 366 g/mol. The summed E-state index contributed by atoms with van der Waals surface area (Å²) in [4.78, 5) is 5.16. The first-order valence-corrected chi connectivity index (χ1v) is 10.0. The SMILES string of the molecule is O=S(=O)(CCCc1nc(-c2cccs2)no1)Cc1cccc(F)c1. The van der Waals surface area contributed by atoms with Gasteiger partial charge in [0.25, 0.3) is 0 Å². The van der Waals surface area contributed by atoms with Crippen LogP contribution in [0.25, 0.3) is 10.7 Å². The van der Waals surface area contributed by atoms with E-state index in [-0.39, 0.29) is 11.5 Å². The molecule has 126 valence electrons. The molecule has 0 radical (unpaired) electrons. The predicted molar refractivity (Wildman–Crippen MR) is 89.8 cm³/mol. The zero-order valence-corrected chi connectivity index (χ0v) is 14.3. The van der Waals surface area contributed by atoms with Crippen LogP contribution in [0.4, 0.5) is 4.39 Å². The number of rotatable bonds is 7. The van der Waals surface area contributed by atoms with Crippen LogP contribution in [-0.2, 0) is 22.0 Å². The lowest BCUT2D eigenvalue weighted by molar-refractivity contribution is 0.378. The minimum Gasteiger partial charge on any atom is -0.339 e. The fraction of sp³-hybridized carbons (Fsp3) is 0.250. The fourth-order valence-electron chi connectivity index (χ4n) is 2.26. The fourth-order valence-corrected chi connectivity index (χ4v) is 4.32. The van der Waals surface area contributed by atoms with Crippen molar-refractivity contribution in [3.63, 3.8) is 0 Å². The summed E-state index contributed by atoms with van der Waals surface area (Å²) in [6.07, 6.45) is 0.768. The van der Waals surface area contributed by atoms with Crippen LogP contribution in [0.5, 0.6) is 0 Å². The van der Waals surface area contributed by atoms with Crippen molar-refractivity contribution in [2.45, 2.75) is 18.6 Å². The van der Waals surface area contributed by atoms with E-state index in [9.17, 15) is 12.8 Å². The predicted octanol–water partition coefficient (Wildman–Crippen LogP) is 3.48. The molecule has 0 aliphatic carbocycles. The van der Waals surface area contributed by atoms with Gasteiger partial charge in [0.15, 0.2) is 9.84 Å². The van der Waals surface area contributed by atoms with E-state index in [2.05, 4.69) is 10.1 Å². The van der Waals surface area contributed by atoms with Gasteiger partial charge in [0.2, 0.25) is 11.7 Å². The second-order valence-electron chi connectivity index (χ2n) is 5.31. The molecule has 2 heterocycles. The van der Waals surface area contributed by atoms with E-state index < -0.39 is 15.7 Å². The van der Waals surface area contributed by atoms with Gasteiger partial charge in [-0.25, -0.2) is 12.8 Å². The normalized spacial score (nSPS) is 11.7. The van der Waals surface area contributed by atoms with Crippen molar-refractivity contribution in [2.75, 3.05) is 5.75 Å². The summed E-state index contributed by atoms with van der Waals surface area (Å²) < 4.78 is 42.5. The monoisotopic (exact) mass is 366 g/mol. The van der Waals surface area contributed by atoms with E-state index >= 15 is 0 Å². The van der Waals surface area contributed by atoms with Crippen molar-refractivity contribution < 1.29 is 17.3 Å². The Hall–Kier alpha value is -2.06. The van der Waals surface area contributed by atoms with Crippen LogP contribution in [0.3, 0.4) is 0 Å². The maximum absolute atomic E-state index is 13.1. The summed E-state index contributed by atoms with van der Waals surface area (Å²) >= 11 is 1.51. The van der Waals surface area contributed by atoms with E-state index in [4.69, 9.17) is 4.52 Å². The highest BCUT2D eigenvalue weighted by Crippen LogP contribution is 2.21. The highest BCUT2D eigenvalue weighted by Gasteiger charge is 2.14. The van der Waals surface area contributed by atoms with E-state index in [0.29, 0.717) is 30.1 Å². The standard InChI is InChI=1S/C16H15FN2O3S2/c17-13-5-1-4-12(10-13)11-24(20,21)9-3-7-15-18-16(19-22-15)14-6-2-8-23-14/h1-2,4-6,8,10H,3,7,9,11H2. The van der Waals surface area contributed by atoms with Gasteiger partial charge in [0.05, 0.1) is 16.4 Å². The summed E-state index contributed by atoms with van der Waals surface area (Å²) in [6, 6.07) is 9.42. The molecule has 0 spiro atoms. The number of thiophene rings is 1. The van der Waals surface area contributed by atoms with Gasteiger partial charge in [0, 0.05) is 6.42 Å². The second-order valence-corrected chi connectivity index (χ2v) is 8.45. The molecule has 0 N–H and O–H groups in total. The third-order valence-corrected chi connectivity index (χ3v) is 5.88. The van der Waals surface area contributed by atoms with Gasteiger partial charge in [-0.05, 0) is 35.6 Å². The molecule has 0 aliphatic heterocycles. The van der Waals surface area contributed by atoms with Gasteiger partial charge in [-0.2, -0.15) is 4.98 Å². The third kappa shape index (κ3) is 4.48. The molecule has 0 aliphatic rings. The molecule has 0 bridgehead atoms. The summed E-state index contributed by atoms with van der Waals surface area (Å²) in [5, 5.41) is 5.81. The Morgan fingerprint density at radius 1 is 1.21 bits per heavy atom. The maximum Gasteiger partial charge on any atom is 0.227 e. The lowest BCUT2D eigenvalue weighted by Gasteiger charge is -2.03. The van der Waals surface area contributed by atoms with Crippen LogP contribution in [0, 0.1) is 5.82 Å². The average Bonchev–Trinajstić information content (AvgIpc) is 3.17. The van der Waals surface area contributed by atoms with Crippen molar-refractivity contribution in [2.24, 2.45) is 0 Å². The lowest BCUT2D eigenvalue weighted by Crippen LogP contribution is -2.10. The number of benzene rings is 1. The lowest BCUT2D eigenvalue weighted by atomic mass is 10.2. The Morgan fingerprint density at radius 2 is 2.08 bits per heavy atom. The van der Waals surface area contributed by atoms with Crippen molar-refractivity contribution >= 4 is 21.2 Å². The number of aryl methyl sites for hydroxylation is 1. The van der Waals surface area contributed by atoms with Crippen LogP contribution in [0.1, 0.15) is 17.9 Å². The first-order chi connectivity index (χ1) is 11.5. The van der Waals surface area contributed by atoms with Gasteiger partial charge >= 0.3 is 0 Å². The third-order valence-electron chi connectivity index (χ3n) is 3.33. The minimum atomic E-state index is -3.31. The number of hydrogen-bond acceptors (Lipinski definition) is 6. The van der Waals surface area contributed by atoms with Crippen LogP contribution in [0.2, 0.25) is 0 Å². The molecule has 0 unspecified atom stereocenters. The molecular weight excluding hydrogens is 351 g/mol. The molecular formula is C16H15FN2O3S2. The number of halogens is 1. The number of hydrogen-bond donors (Lipinski definition) is 0. The van der Waals surface area contributed by atoms with Gasteiger partial charge in [0.1, 0.15) is 5.82 Å². The largest absolute Gasteiger partial charge is 0.339 e. The molecule has 0 amide bonds. The Bertz CT molecular complexity index is 905. The Kier molecular flexibility index (Phi) is 5.06. The molecule has 1 aromatic carbocycles. The molecule has 24 heavy (non-hydrogen) atoms. The quantitative estimate of drug-likeness (QED) is 0.640. The number of aromatic nitrogens is 2. The molecule has 0 saturated heterocycles. The van der Waals surface area contributed by atoms with Crippen LogP contribution < -0.4 is 0 Å². The van der Waals surface area contributed by atoms with Gasteiger partial charge in [-0.3, -0.25) is 0 Å². The Labute approximate surface area is 143 Å². The van der Waals surface area contributed by atoms with Crippen LogP contribution >= 0.6 is 11.3 Å². The molecule has 5 nitrogen and oxygen atoms in total. The van der Waals surface area contributed by atoms with E-state index in [1.54, 1.807) is 6.07 Å². The summed E-state index contributed by atoms with van der Waals surface area (Å²) in [7, 11) is -3.31. The molecule has 3 aromatic rings. The van der Waals surface area contributed by atoms with Crippen molar-refractivity contribution in [1.82, 2.24) is 10.1 Å². The molecule has 0 saturated carbocycles. The Morgan fingerprint density at radius 3 is 2.83 bits per heavy atom. The molecule has 8 heteroatoms. The number of nitrogens with zero attached hydrogens (tertiary/aromatic N) is 2. The van der Waals surface area contributed by atoms with Crippen molar-refractivity contribution in [3.05, 3.63) is 59.0 Å². The van der Waals surface area contributed by atoms with Gasteiger partial charge in [-0.15, -0.1) is 11.3 Å². The second kappa shape index (κ2) is 7.23. The Balaban J connectivity index is 1.54. The smallest absolute Gasteiger partial charge is 0.227 e. The van der Waals surface area contributed by atoms with Crippen LogP contribution in [0.15, 0.2) is 46.3 Å². The first kappa shape index (κ1) is 16.8. The minimum absolute atomic E-state index is 0.0137. The number of sulfone groups is 1. The van der Waals surface area contributed by atoms with Crippen molar-refractivity contribution in [1.29, 1.82) is 0 Å². The summed E-state index contributed by atoms with van der Waals surface area (Å²) in [5.41, 5.74) is 0.452. The summed E-state index contributed by atoms with van der Waals surface area (Å²) in [6.45, 7) is 0. The van der Waals surface area contributed by atoms with Gasteiger partial charge < -0.3 is 4.52 Å². The zero-order valence-electron chi connectivity index (χ0n) is 12.7. The van der Waals surface area contributed by atoms with Crippen molar-refractivity contribution in [3.8, 4) is 10.7 Å². The van der Waals surface area contributed by atoms with Crippen LogP contribution in [-0.4, -0.2) is 24.3 Å². The van der Waals surface area contributed by atoms with E-state index in [0.717, 1.165) is 4.88 Å². The molecule has 2 aromatic heterocycles. The van der Waals surface area contributed by atoms with E-state index in [1.807, 2.05) is 17.5 Å². The topological polar surface area (TPSA) is 73.1 Å². The molecule has 3 rings (SSSR count). The molecule has 0 fully saturated rings. The summed E-state index contributed by atoms with van der Waals surface area (Å²) in [5.74, 6) is 0.312.